The van der Waals surface area contributed by atoms with Gasteiger partial charge in [-0.15, -0.1) is 0 Å². The maximum Gasteiger partial charge on any atom is 0.309 e. The molecule has 0 aliphatic carbocycles. The highest BCUT2D eigenvalue weighted by Gasteiger charge is 2.29. The summed E-state index contributed by atoms with van der Waals surface area (Å²) >= 11 is 0. The minimum Gasteiger partial charge on any atom is -0.466 e. The Morgan fingerprint density at radius 3 is 1.06 bits per heavy atom. The molecule has 6 atom stereocenters. The highest BCUT2D eigenvalue weighted by Crippen LogP contribution is 2.19. The SMILES string of the molecule is CCOC(=O)CCC(CC(=O)C(N)CCCCN)C(=O)OCC.CCOC(=O)CCC(CC(=O)CCC(=O)NCCCOCCOCCOCCCNC(=O)C(N)CCCCN)C(=O)OCC.CCOC(=O)CCC(CC(=O)CNC(=O)C(N)CCCCN)C(=O)OCC. The van der Waals surface area contributed by atoms with Crippen LogP contribution >= 0.6 is 0 Å². The Morgan fingerprint density at radius 1 is 0.340 bits per heavy atom. The zero-order valence-electron chi connectivity index (χ0n) is 57.3. The first kappa shape index (κ1) is 92.1. The van der Waals surface area contributed by atoms with Crippen LogP contribution in [-0.2, 0) is 100 Å². The summed E-state index contributed by atoms with van der Waals surface area (Å²) in [5.41, 5.74) is 33.7. The molecule has 0 aromatic rings. The first-order valence-corrected chi connectivity index (χ1v) is 33.5. The zero-order valence-corrected chi connectivity index (χ0v) is 57.3. The van der Waals surface area contributed by atoms with Crippen molar-refractivity contribution >= 4 is 70.9 Å². The van der Waals surface area contributed by atoms with Crippen LogP contribution in [0.5, 0.6) is 0 Å². The van der Waals surface area contributed by atoms with Gasteiger partial charge in [-0.25, -0.2) is 0 Å². The summed E-state index contributed by atoms with van der Waals surface area (Å²) in [6.07, 6.45) is 8.20. The van der Waals surface area contributed by atoms with E-state index in [0.717, 1.165) is 38.5 Å². The van der Waals surface area contributed by atoms with Gasteiger partial charge in [0.05, 0.1) is 108 Å². The standard InChI is InChI=1S/C30H56N4O10.C18H33N3O6.C16H30N2O5/c1-3-43-28(37)13-10-24(30(39)44-4-2)23-25(35)11-12-27(36)33-15-7-17-40-19-21-42-22-20-41-18-8-16-34-29(38)26(32)9-5-6-14-31;1-3-26-16(23)9-8-13(18(25)27-4-2)11-14(22)12-21-17(24)15(20)7-5-6-10-19;1-3-22-15(20)9-8-12(16(21)23-4-2)11-14(19)13(18)7-5-6-10-17/h24,26H,3-23,31-32H2,1-2H3,(H,33,36)(H,34,38);13,15H,3-12,19-20H2,1-2H3,(H,21,24);12-13H,3-11,17-18H2,1-2H3. The molecule has 0 heterocycles. The largest absolute Gasteiger partial charge is 0.466 e. The maximum absolute atomic E-state index is 12.4. The molecular weight excluding hydrogens is 1230 g/mol. The lowest BCUT2D eigenvalue weighted by Gasteiger charge is -2.17. The summed E-state index contributed by atoms with van der Waals surface area (Å²) < 4.78 is 45.9. The lowest BCUT2D eigenvalue weighted by atomic mass is 9.93. The normalized spacial score (nSPS) is 12.6. The molecule has 0 aromatic carbocycles. The highest BCUT2D eigenvalue weighted by atomic mass is 16.6. The van der Waals surface area contributed by atoms with E-state index in [1.54, 1.807) is 41.5 Å². The fourth-order valence-corrected chi connectivity index (χ4v) is 8.45. The molecule has 0 saturated carbocycles. The third-order valence-corrected chi connectivity index (χ3v) is 13.6. The van der Waals surface area contributed by atoms with Gasteiger partial charge in [0.2, 0.25) is 17.7 Å². The molecule has 0 radical (unpaired) electrons. The molecule has 0 spiro atoms. The van der Waals surface area contributed by atoms with E-state index < -0.39 is 71.6 Å². The van der Waals surface area contributed by atoms with Gasteiger partial charge in [-0.1, -0.05) is 19.3 Å². The van der Waals surface area contributed by atoms with E-state index in [-0.39, 0.29) is 152 Å². The van der Waals surface area contributed by atoms with Crippen molar-refractivity contribution in [2.45, 2.75) is 201 Å². The quantitative estimate of drug-likeness (QED) is 0.0238. The van der Waals surface area contributed by atoms with Crippen LogP contribution in [0.4, 0.5) is 0 Å². The number of carbonyl (C=O) groups is 12. The number of esters is 6. The van der Waals surface area contributed by atoms with Crippen molar-refractivity contribution in [1.29, 1.82) is 0 Å². The Hall–Kier alpha value is -6.12. The van der Waals surface area contributed by atoms with E-state index in [1.165, 1.54) is 0 Å². The molecule has 0 saturated heterocycles. The topological polar surface area (TPSA) is 480 Å². The van der Waals surface area contributed by atoms with Crippen LogP contribution in [0.1, 0.15) is 183 Å². The average molecular weight is 1350 g/mol. The van der Waals surface area contributed by atoms with Crippen LogP contribution in [0.15, 0.2) is 0 Å². The Balaban J connectivity index is -0.00000142. The van der Waals surface area contributed by atoms with Gasteiger partial charge in [0.1, 0.15) is 11.6 Å². The number of amides is 3. The molecule has 0 aliphatic heterocycles. The molecule has 0 aliphatic rings. The van der Waals surface area contributed by atoms with Crippen molar-refractivity contribution in [1.82, 2.24) is 16.0 Å². The van der Waals surface area contributed by atoms with Gasteiger partial charge in [0, 0.05) is 77.7 Å². The molecule has 15 N–H and O–H groups in total. The molecule has 546 valence electrons. The summed E-state index contributed by atoms with van der Waals surface area (Å²) in [6.45, 7) is 16.5. The molecule has 6 unspecified atom stereocenters. The smallest absolute Gasteiger partial charge is 0.309 e. The Labute approximate surface area is 556 Å². The molecule has 0 fully saturated rings. The van der Waals surface area contributed by atoms with Crippen molar-refractivity contribution < 1.29 is 100 Å². The average Bonchev–Trinajstić information content (AvgIpc) is 1.18. The predicted octanol–water partition coefficient (Wildman–Crippen LogP) is 1.73. The number of hydrogen-bond donors (Lipinski definition) is 9. The Morgan fingerprint density at radius 2 is 0.681 bits per heavy atom. The van der Waals surface area contributed by atoms with Crippen LogP contribution in [-0.4, -0.2) is 208 Å². The van der Waals surface area contributed by atoms with Gasteiger partial charge < -0.3 is 93.0 Å². The second-order valence-corrected chi connectivity index (χ2v) is 21.6. The van der Waals surface area contributed by atoms with Crippen LogP contribution < -0.4 is 50.4 Å². The van der Waals surface area contributed by atoms with Gasteiger partial charge in [-0.05, 0) is 132 Å². The highest BCUT2D eigenvalue weighted by molar-refractivity contribution is 5.91. The zero-order chi connectivity index (χ0) is 71.2. The van der Waals surface area contributed by atoms with E-state index in [0.29, 0.717) is 104 Å². The fraction of sp³-hybridized carbons (Fsp3) is 0.812. The van der Waals surface area contributed by atoms with Crippen LogP contribution in [0.2, 0.25) is 0 Å². The summed E-state index contributed by atoms with van der Waals surface area (Å²) in [5.74, 6) is -6.54. The minimum atomic E-state index is -0.753. The van der Waals surface area contributed by atoms with Crippen LogP contribution in [0.3, 0.4) is 0 Å². The van der Waals surface area contributed by atoms with E-state index in [2.05, 4.69) is 16.0 Å². The van der Waals surface area contributed by atoms with Crippen LogP contribution in [0, 0.1) is 17.8 Å². The Bertz CT molecular complexity index is 2090. The summed E-state index contributed by atoms with van der Waals surface area (Å²) in [5, 5.41) is 8.03. The van der Waals surface area contributed by atoms with Gasteiger partial charge >= 0.3 is 35.8 Å². The van der Waals surface area contributed by atoms with E-state index in [9.17, 15) is 57.5 Å². The second kappa shape index (κ2) is 64.2. The van der Waals surface area contributed by atoms with Crippen molar-refractivity contribution in [3.63, 3.8) is 0 Å². The van der Waals surface area contributed by atoms with Gasteiger partial charge in [0.15, 0.2) is 5.78 Å². The number of nitrogens with two attached hydrogens (primary N) is 6. The van der Waals surface area contributed by atoms with Crippen molar-refractivity contribution in [3.8, 4) is 0 Å². The minimum absolute atomic E-state index is 0.0000644. The predicted molar refractivity (Wildman–Crippen MR) is 349 cm³/mol. The number of ketones is 3. The molecule has 0 aromatic heterocycles. The van der Waals surface area contributed by atoms with Gasteiger partial charge in [0.25, 0.3) is 0 Å². The first-order chi connectivity index (χ1) is 45.0. The van der Waals surface area contributed by atoms with Crippen molar-refractivity contribution in [3.05, 3.63) is 0 Å². The number of carbonyl (C=O) groups excluding carboxylic acids is 12. The second-order valence-electron chi connectivity index (χ2n) is 21.6. The first-order valence-electron chi connectivity index (χ1n) is 33.5. The molecule has 30 nitrogen and oxygen atoms in total. The number of hydrogen-bond acceptors (Lipinski definition) is 27. The Kier molecular flexibility index (Phi) is 62.9. The number of Topliss-reactive ketones (excluding diaryl/α,β-unsaturated/α-hetero) is 3. The molecular formula is C64H119N9O21. The van der Waals surface area contributed by atoms with Gasteiger partial charge in [-0.2, -0.15) is 0 Å². The van der Waals surface area contributed by atoms with E-state index >= 15 is 0 Å². The van der Waals surface area contributed by atoms with Crippen molar-refractivity contribution in [2.24, 2.45) is 52.2 Å². The van der Waals surface area contributed by atoms with Gasteiger partial charge in [-0.3, -0.25) is 57.5 Å². The lowest BCUT2D eigenvalue weighted by molar-refractivity contribution is -0.152. The third-order valence-electron chi connectivity index (χ3n) is 13.6. The third kappa shape index (κ3) is 55.2. The molecule has 3 amide bonds. The van der Waals surface area contributed by atoms with E-state index in [4.69, 9.17) is 77.0 Å². The summed E-state index contributed by atoms with van der Waals surface area (Å²) in [6, 6.07) is -1.81. The fourth-order valence-electron chi connectivity index (χ4n) is 8.45. The summed E-state index contributed by atoms with van der Waals surface area (Å²) in [4.78, 5) is 143. The molecule has 30 heteroatoms. The summed E-state index contributed by atoms with van der Waals surface area (Å²) in [7, 11) is 0. The lowest BCUT2D eigenvalue weighted by Crippen LogP contribution is -2.43. The maximum atomic E-state index is 12.4. The van der Waals surface area contributed by atoms with Crippen molar-refractivity contribution in [2.75, 3.05) is 119 Å². The molecule has 0 rings (SSSR count). The van der Waals surface area contributed by atoms with E-state index in [1.807, 2.05) is 0 Å². The van der Waals surface area contributed by atoms with Crippen LogP contribution in [0.25, 0.3) is 0 Å². The number of ether oxygens (including phenoxy) is 9. The number of nitrogens with one attached hydrogen (secondary N) is 3. The number of unbranched alkanes of at least 4 members (excludes halogenated alkanes) is 3. The monoisotopic (exact) mass is 1350 g/mol. The molecule has 94 heavy (non-hydrogen) atoms. The number of rotatable bonds is 58. The molecule has 0 bridgehead atoms.